The predicted octanol–water partition coefficient (Wildman–Crippen LogP) is 2.91. The third-order valence-corrected chi connectivity index (χ3v) is 4.69. The van der Waals surface area contributed by atoms with Crippen LogP contribution in [-0.4, -0.2) is 47.6 Å². The third kappa shape index (κ3) is 4.35. The second kappa shape index (κ2) is 8.27. The monoisotopic (exact) mass is 394 g/mol. The zero-order chi connectivity index (χ0) is 20.2. The van der Waals surface area contributed by atoms with Gasteiger partial charge in [-0.25, -0.2) is 0 Å². The van der Waals surface area contributed by atoms with Gasteiger partial charge in [0.05, 0.1) is 30.8 Å². The number of rotatable bonds is 5. The van der Waals surface area contributed by atoms with Crippen LogP contribution in [0.2, 0.25) is 0 Å². The summed E-state index contributed by atoms with van der Waals surface area (Å²) in [6.07, 6.45) is 1.75. The molecule has 0 unspecified atom stereocenters. The van der Waals surface area contributed by atoms with Crippen molar-refractivity contribution in [3.63, 3.8) is 0 Å². The molecule has 9 nitrogen and oxygen atoms in total. The number of anilines is 4. The Balaban J connectivity index is 1.41. The highest BCUT2D eigenvalue weighted by atomic mass is 16.5. The van der Waals surface area contributed by atoms with Crippen molar-refractivity contribution in [1.82, 2.24) is 15.4 Å². The molecule has 3 aromatic rings. The van der Waals surface area contributed by atoms with Crippen LogP contribution in [0.5, 0.6) is 0 Å². The molecule has 0 radical (unpaired) electrons. The number of nitrogens with zero attached hydrogens (tertiary/aromatic N) is 4. The van der Waals surface area contributed by atoms with Crippen LogP contribution in [0.4, 0.5) is 22.9 Å². The fourth-order valence-electron chi connectivity index (χ4n) is 3.20. The summed E-state index contributed by atoms with van der Waals surface area (Å²) in [6, 6.07) is 9.33. The lowest BCUT2D eigenvalue weighted by atomic mass is 10.2. The molecular weight excluding hydrogens is 372 g/mol. The molecule has 1 aliphatic heterocycles. The number of hydrogen-bond donors (Lipinski definition) is 2. The molecule has 29 heavy (non-hydrogen) atoms. The maximum Gasteiger partial charge on any atom is 0.261 e. The Morgan fingerprint density at radius 2 is 1.83 bits per heavy atom. The largest absolute Gasteiger partial charge is 0.378 e. The summed E-state index contributed by atoms with van der Waals surface area (Å²) in [5.41, 5.74) is 3.55. The molecule has 0 aliphatic carbocycles. The summed E-state index contributed by atoms with van der Waals surface area (Å²) in [7, 11) is 0. The molecule has 9 heteroatoms. The van der Waals surface area contributed by atoms with Gasteiger partial charge in [0.15, 0.2) is 5.82 Å². The van der Waals surface area contributed by atoms with Crippen molar-refractivity contribution in [3.8, 4) is 0 Å². The van der Waals surface area contributed by atoms with E-state index in [4.69, 9.17) is 9.26 Å². The lowest BCUT2D eigenvalue weighted by molar-refractivity contribution is 0.102. The number of aromatic nitrogens is 3. The van der Waals surface area contributed by atoms with Crippen LogP contribution >= 0.6 is 0 Å². The summed E-state index contributed by atoms with van der Waals surface area (Å²) in [5, 5.41) is 18.1. The first kappa shape index (κ1) is 18.9. The van der Waals surface area contributed by atoms with Gasteiger partial charge in [-0.1, -0.05) is 5.16 Å². The van der Waals surface area contributed by atoms with Crippen molar-refractivity contribution in [1.29, 1.82) is 0 Å². The van der Waals surface area contributed by atoms with E-state index in [0.717, 1.165) is 24.5 Å². The molecule has 1 aliphatic rings. The smallest absolute Gasteiger partial charge is 0.261 e. The first-order valence-corrected chi connectivity index (χ1v) is 9.37. The highest BCUT2D eigenvalue weighted by molar-refractivity contribution is 6.05. The van der Waals surface area contributed by atoms with Crippen molar-refractivity contribution in [2.45, 2.75) is 13.8 Å². The first-order chi connectivity index (χ1) is 14.1. The number of morpholine rings is 1. The fraction of sp³-hybridized carbons (Fsp3) is 0.300. The number of ether oxygens (including phenoxy) is 1. The second-order valence-corrected chi connectivity index (χ2v) is 6.75. The molecule has 2 aromatic heterocycles. The zero-order valence-electron chi connectivity index (χ0n) is 16.3. The molecule has 1 fully saturated rings. The van der Waals surface area contributed by atoms with Crippen LogP contribution < -0.4 is 15.5 Å². The number of carbonyl (C=O) groups excluding carboxylic acids is 1. The number of aryl methyl sites for hydroxylation is 2. The van der Waals surface area contributed by atoms with Crippen LogP contribution in [0.1, 0.15) is 21.8 Å². The van der Waals surface area contributed by atoms with Crippen LogP contribution in [0.3, 0.4) is 0 Å². The van der Waals surface area contributed by atoms with Crippen molar-refractivity contribution >= 4 is 28.8 Å². The maximum atomic E-state index is 12.4. The second-order valence-electron chi connectivity index (χ2n) is 6.75. The van der Waals surface area contributed by atoms with Crippen molar-refractivity contribution in [3.05, 3.63) is 53.5 Å². The highest BCUT2D eigenvalue weighted by Gasteiger charge is 2.17. The molecule has 0 spiro atoms. The Morgan fingerprint density at radius 1 is 1.10 bits per heavy atom. The summed E-state index contributed by atoms with van der Waals surface area (Å²) >= 11 is 0. The normalized spacial score (nSPS) is 13.9. The topological polar surface area (TPSA) is 105 Å². The van der Waals surface area contributed by atoms with E-state index in [1.54, 1.807) is 20.0 Å². The van der Waals surface area contributed by atoms with E-state index in [0.29, 0.717) is 41.7 Å². The van der Waals surface area contributed by atoms with Crippen LogP contribution in [0.25, 0.3) is 0 Å². The predicted molar refractivity (Wildman–Crippen MR) is 109 cm³/mol. The quantitative estimate of drug-likeness (QED) is 0.680. The highest BCUT2D eigenvalue weighted by Crippen LogP contribution is 2.22. The van der Waals surface area contributed by atoms with Gasteiger partial charge in [0.1, 0.15) is 11.3 Å². The van der Waals surface area contributed by atoms with E-state index in [1.165, 1.54) is 0 Å². The van der Waals surface area contributed by atoms with Gasteiger partial charge >= 0.3 is 0 Å². The summed E-state index contributed by atoms with van der Waals surface area (Å²) in [5.74, 6) is 0.907. The molecular formula is C20H22N6O3. The third-order valence-electron chi connectivity index (χ3n) is 4.69. The minimum absolute atomic E-state index is 0.244. The van der Waals surface area contributed by atoms with E-state index < -0.39 is 0 Å². The van der Waals surface area contributed by atoms with Crippen molar-refractivity contribution in [2.24, 2.45) is 0 Å². The summed E-state index contributed by atoms with van der Waals surface area (Å²) in [4.78, 5) is 14.6. The minimum atomic E-state index is -0.244. The van der Waals surface area contributed by atoms with E-state index >= 15 is 0 Å². The number of carbonyl (C=O) groups is 1. The van der Waals surface area contributed by atoms with Gasteiger partial charge in [0, 0.05) is 30.5 Å². The standard InChI is InChI=1S/C20H22N6O3/c1-13-19(14(2)29-25-13)20(27)23-16-5-3-15(4-6-16)22-18-11-17(12-21-24-18)26-7-9-28-10-8-26/h3-6,11-12H,7-10H2,1-2H3,(H,22,24)(H,23,27). The number of nitrogens with one attached hydrogen (secondary N) is 2. The van der Waals surface area contributed by atoms with Gasteiger partial charge < -0.3 is 24.8 Å². The van der Waals surface area contributed by atoms with Gasteiger partial charge in [0.25, 0.3) is 5.91 Å². The molecule has 1 saturated heterocycles. The number of benzene rings is 1. The maximum absolute atomic E-state index is 12.4. The number of hydrogen-bond acceptors (Lipinski definition) is 8. The summed E-state index contributed by atoms with van der Waals surface area (Å²) in [6.45, 7) is 6.56. The Morgan fingerprint density at radius 3 is 2.52 bits per heavy atom. The average Bonchev–Trinajstić information content (AvgIpc) is 3.08. The van der Waals surface area contributed by atoms with E-state index in [-0.39, 0.29) is 5.91 Å². The van der Waals surface area contributed by atoms with Crippen molar-refractivity contribution < 1.29 is 14.1 Å². The van der Waals surface area contributed by atoms with E-state index in [2.05, 4.69) is 30.9 Å². The molecule has 3 heterocycles. The Labute approximate surface area is 168 Å². The average molecular weight is 394 g/mol. The Hall–Kier alpha value is -3.46. The first-order valence-electron chi connectivity index (χ1n) is 9.37. The molecule has 2 N–H and O–H groups in total. The lowest BCUT2D eigenvalue weighted by Gasteiger charge is -2.28. The van der Waals surface area contributed by atoms with E-state index in [9.17, 15) is 4.79 Å². The number of amides is 1. The molecule has 0 atom stereocenters. The molecule has 4 rings (SSSR count). The zero-order valence-corrected chi connectivity index (χ0v) is 16.3. The Bertz CT molecular complexity index is 976. The van der Waals surface area contributed by atoms with E-state index in [1.807, 2.05) is 30.3 Å². The van der Waals surface area contributed by atoms with Gasteiger partial charge in [-0.3, -0.25) is 4.79 Å². The van der Waals surface area contributed by atoms with Crippen LogP contribution in [0, 0.1) is 13.8 Å². The molecule has 1 amide bonds. The molecule has 0 bridgehead atoms. The summed E-state index contributed by atoms with van der Waals surface area (Å²) < 4.78 is 10.4. The fourth-order valence-corrected chi connectivity index (χ4v) is 3.20. The Kier molecular flexibility index (Phi) is 5.39. The lowest BCUT2D eigenvalue weighted by Crippen LogP contribution is -2.36. The van der Waals surface area contributed by atoms with Gasteiger partial charge in [-0.15, -0.1) is 5.10 Å². The van der Waals surface area contributed by atoms with Gasteiger partial charge in [0.2, 0.25) is 0 Å². The molecule has 150 valence electrons. The van der Waals surface area contributed by atoms with Gasteiger partial charge in [-0.05, 0) is 38.1 Å². The molecule has 1 aromatic carbocycles. The minimum Gasteiger partial charge on any atom is -0.378 e. The SMILES string of the molecule is Cc1noc(C)c1C(=O)Nc1ccc(Nc2cc(N3CCOCC3)cnn2)cc1. The van der Waals surface area contributed by atoms with Crippen LogP contribution in [0.15, 0.2) is 41.1 Å². The van der Waals surface area contributed by atoms with Crippen molar-refractivity contribution in [2.75, 3.05) is 41.8 Å². The molecule has 0 saturated carbocycles. The van der Waals surface area contributed by atoms with Crippen LogP contribution in [-0.2, 0) is 4.74 Å². The van der Waals surface area contributed by atoms with Gasteiger partial charge in [-0.2, -0.15) is 5.10 Å².